The molecule has 0 fully saturated rings. The molecule has 4 nitrogen and oxygen atoms in total. The zero-order chi connectivity index (χ0) is 12.3. The van der Waals surface area contributed by atoms with E-state index in [1.165, 1.54) is 11.1 Å². The van der Waals surface area contributed by atoms with E-state index in [4.69, 9.17) is 9.47 Å². The van der Waals surface area contributed by atoms with Crippen LogP contribution in [0.3, 0.4) is 0 Å². The van der Waals surface area contributed by atoms with Crippen molar-refractivity contribution in [2.24, 2.45) is 0 Å². The number of hydrogen-bond acceptors (Lipinski definition) is 3. The van der Waals surface area contributed by atoms with Gasteiger partial charge in [-0.1, -0.05) is 6.07 Å². The lowest BCUT2D eigenvalue weighted by Crippen LogP contribution is -2.36. The van der Waals surface area contributed by atoms with Gasteiger partial charge in [-0.3, -0.25) is 0 Å². The maximum atomic E-state index is 11.6. The highest BCUT2D eigenvalue weighted by atomic mass is 16.6. The van der Waals surface area contributed by atoms with Crippen molar-refractivity contribution in [2.45, 2.75) is 19.9 Å². The lowest BCUT2D eigenvalue weighted by Gasteiger charge is -2.28. The molecule has 0 bridgehead atoms. The van der Waals surface area contributed by atoms with Crippen LogP contribution >= 0.6 is 0 Å². The molecule has 17 heavy (non-hydrogen) atoms. The summed E-state index contributed by atoms with van der Waals surface area (Å²) in [4.78, 5) is 13.3. The van der Waals surface area contributed by atoms with E-state index in [0.717, 1.165) is 12.2 Å². The molecule has 0 N–H and O–H groups in total. The van der Waals surface area contributed by atoms with E-state index in [2.05, 4.69) is 0 Å². The van der Waals surface area contributed by atoms with E-state index >= 15 is 0 Å². The van der Waals surface area contributed by atoms with Gasteiger partial charge in [0.2, 0.25) is 0 Å². The van der Waals surface area contributed by atoms with Crippen molar-refractivity contribution in [3.63, 3.8) is 0 Å². The van der Waals surface area contributed by atoms with Crippen LogP contribution < -0.4 is 4.74 Å². The van der Waals surface area contributed by atoms with E-state index in [1.807, 2.05) is 25.1 Å². The predicted molar refractivity (Wildman–Crippen MR) is 64.1 cm³/mol. The minimum atomic E-state index is -0.228. The highest BCUT2D eigenvalue weighted by Crippen LogP contribution is 2.23. The fraction of sp³-hybridized carbons (Fsp3) is 0.462. The SMILES string of the molecule is CCOC(=O)N1CCc2cc(OC)ccc2C1. The zero-order valence-electron chi connectivity index (χ0n) is 10.2. The Morgan fingerprint density at radius 2 is 2.24 bits per heavy atom. The second-order valence-corrected chi connectivity index (χ2v) is 4.01. The van der Waals surface area contributed by atoms with E-state index in [0.29, 0.717) is 19.7 Å². The molecule has 1 aromatic carbocycles. The predicted octanol–water partition coefficient (Wildman–Crippen LogP) is 2.21. The largest absolute Gasteiger partial charge is 0.497 e. The summed E-state index contributed by atoms with van der Waals surface area (Å²) >= 11 is 0. The van der Waals surface area contributed by atoms with E-state index in [-0.39, 0.29) is 6.09 Å². The van der Waals surface area contributed by atoms with Crippen LogP contribution in [0.2, 0.25) is 0 Å². The molecule has 2 rings (SSSR count). The van der Waals surface area contributed by atoms with Gasteiger partial charge >= 0.3 is 6.09 Å². The van der Waals surface area contributed by atoms with Gasteiger partial charge in [0.05, 0.1) is 13.7 Å². The summed E-state index contributed by atoms with van der Waals surface area (Å²) < 4.78 is 10.2. The van der Waals surface area contributed by atoms with Gasteiger partial charge in [0.1, 0.15) is 5.75 Å². The number of hydrogen-bond donors (Lipinski definition) is 0. The topological polar surface area (TPSA) is 38.8 Å². The van der Waals surface area contributed by atoms with Gasteiger partial charge in [0.25, 0.3) is 0 Å². The molecule has 0 spiro atoms. The Balaban J connectivity index is 2.11. The van der Waals surface area contributed by atoms with Crippen molar-refractivity contribution < 1.29 is 14.3 Å². The molecule has 0 atom stereocenters. The molecule has 1 aromatic rings. The Bertz CT molecular complexity index is 417. The number of methoxy groups -OCH3 is 1. The van der Waals surface area contributed by atoms with Crippen LogP contribution in [-0.4, -0.2) is 31.3 Å². The van der Waals surface area contributed by atoms with Crippen molar-refractivity contribution in [1.29, 1.82) is 0 Å². The van der Waals surface area contributed by atoms with Crippen LogP contribution in [0.25, 0.3) is 0 Å². The number of fused-ring (bicyclic) bond motifs is 1. The molecular formula is C13H17NO3. The minimum absolute atomic E-state index is 0.228. The lowest BCUT2D eigenvalue weighted by atomic mass is 10.00. The van der Waals surface area contributed by atoms with E-state index < -0.39 is 0 Å². The number of amides is 1. The first kappa shape index (κ1) is 11.8. The number of carbonyl (C=O) groups excluding carboxylic acids is 1. The maximum Gasteiger partial charge on any atom is 0.410 e. The molecule has 0 saturated carbocycles. The van der Waals surface area contributed by atoms with Gasteiger partial charge in [0.15, 0.2) is 0 Å². The fourth-order valence-electron chi connectivity index (χ4n) is 2.03. The zero-order valence-corrected chi connectivity index (χ0v) is 10.2. The average molecular weight is 235 g/mol. The van der Waals surface area contributed by atoms with Crippen molar-refractivity contribution in [3.05, 3.63) is 29.3 Å². The van der Waals surface area contributed by atoms with Crippen molar-refractivity contribution in [3.8, 4) is 5.75 Å². The first-order valence-electron chi connectivity index (χ1n) is 5.82. The molecule has 0 aromatic heterocycles. The van der Waals surface area contributed by atoms with Gasteiger partial charge in [0, 0.05) is 13.1 Å². The summed E-state index contributed by atoms with van der Waals surface area (Å²) in [6.45, 7) is 3.57. The summed E-state index contributed by atoms with van der Waals surface area (Å²) in [7, 11) is 1.66. The van der Waals surface area contributed by atoms with Crippen LogP contribution in [-0.2, 0) is 17.7 Å². The van der Waals surface area contributed by atoms with E-state index in [1.54, 1.807) is 12.0 Å². The molecule has 1 aliphatic heterocycles. The number of carbonyl (C=O) groups is 1. The number of rotatable bonds is 2. The fourth-order valence-corrected chi connectivity index (χ4v) is 2.03. The third-order valence-electron chi connectivity index (χ3n) is 2.95. The standard InChI is InChI=1S/C13H17NO3/c1-3-17-13(15)14-7-6-10-8-12(16-2)5-4-11(10)9-14/h4-5,8H,3,6-7,9H2,1-2H3. The quantitative estimate of drug-likeness (QED) is 0.789. The minimum Gasteiger partial charge on any atom is -0.497 e. The molecule has 1 amide bonds. The van der Waals surface area contributed by atoms with Gasteiger partial charge in [-0.15, -0.1) is 0 Å². The third-order valence-corrected chi connectivity index (χ3v) is 2.95. The number of nitrogens with zero attached hydrogens (tertiary/aromatic N) is 1. The van der Waals surface area contributed by atoms with Crippen molar-refractivity contribution in [1.82, 2.24) is 4.90 Å². The maximum absolute atomic E-state index is 11.6. The Morgan fingerprint density at radius 1 is 1.41 bits per heavy atom. The Labute approximate surface area is 101 Å². The van der Waals surface area contributed by atoms with Crippen molar-refractivity contribution >= 4 is 6.09 Å². The number of benzene rings is 1. The summed E-state index contributed by atoms with van der Waals surface area (Å²) in [5, 5.41) is 0. The Hall–Kier alpha value is -1.71. The summed E-state index contributed by atoms with van der Waals surface area (Å²) in [5.41, 5.74) is 2.43. The van der Waals surface area contributed by atoms with Crippen LogP contribution in [0.5, 0.6) is 5.75 Å². The lowest BCUT2D eigenvalue weighted by molar-refractivity contribution is 0.102. The molecular weight excluding hydrogens is 218 g/mol. The molecule has 0 radical (unpaired) electrons. The Morgan fingerprint density at radius 3 is 2.94 bits per heavy atom. The molecule has 0 saturated heterocycles. The third kappa shape index (κ3) is 2.52. The molecule has 0 aliphatic carbocycles. The second-order valence-electron chi connectivity index (χ2n) is 4.01. The summed E-state index contributed by atoms with van der Waals surface area (Å²) in [6, 6.07) is 5.98. The van der Waals surface area contributed by atoms with Crippen LogP contribution in [0.4, 0.5) is 4.79 Å². The van der Waals surface area contributed by atoms with Crippen LogP contribution in [0.15, 0.2) is 18.2 Å². The van der Waals surface area contributed by atoms with Gasteiger partial charge in [-0.05, 0) is 36.6 Å². The monoisotopic (exact) mass is 235 g/mol. The molecule has 1 aliphatic rings. The molecule has 0 unspecified atom stereocenters. The van der Waals surface area contributed by atoms with E-state index in [9.17, 15) is 4.79 Å². The highest BCUT2D eigenvalue weighted by Gasteiger charge is 2.21. The van der Waals surface area contributed by atoms with Crippen LogP contribution in [0.1, 0.15) is 18.1 Å². The molecule has 4 heteroatoms. The first-order valence-corrected chi connectivity index (χ1v) is 5.82. The first-order chi connectivity index (χ1) is 8.24. The van der Waals surface area contributed by atoms with Gasteiger partial charge in [-0.25, -0.2) is 4.79 Å². The Kier molecular flexibility index (Phi) is 3.52. The van der Waals surface area contributed by atoms with Crippen molar-refractivity contribution in [2.75, 3.05) is 20.3 Å². The molecule has 1 heterocycles. The second kappa shape index (κ2) is 5.08. The summed E-state index contributed by atoms with van der Waals surface area (Å²) in [6.07, 6.45) is 0.625. The molecule has 92 valence electrons. The normalized spacial score (nSPS) is 14.1. The average Bonchev–Trinajstić information content (AvgIpc) is 2.37. The highest BCUT2D eigenvalue weighted by molar-refractivity contribution is 5.68. The summed E-state index contributed by atoms with van der Waals surface area (Å²) in [5.74, 6) is 0.869. The smallest absolute Gasteiger partial charge is 0.410 e. The number of ether oxygens (including phenoxy) is 2. The van der Waals surface area contributed by atoms with Gasteiger partial charge in [-0.2, -0.15) is 0 Å². The van der Waals surface area contributed by atoms with Crippen LogP contribution in [0, 0.1) is 0 Å². The van der Waals surface area contributed by atoms with Gasteiger partial charge < -0.3 is 14.4 Å².